The summed E-state index contributed by atoms with van der Waals surface area (Å²) in [5.74, 6) is 1.52. The number of aromatic nitrogens is 1. The van der Waals surface area contributed by atoms with E-state index < -0.39 is 10.0 Å². The van der Waals surface area contributed by atoms with E-state index in [2.05, 4.69) is 15.8 Å². The molecular weight excluding hydrogens is 444 g/mol. The highest BCUT2D eigenvalue weighted by molar-refractivity contribution is 7.89. The number of amides is 1. The maximum absolute atomic E-state index is 13.2. The van der Waals surface area contributed by atoms with E-state index in [1.54, 1.807) is 31.2 Å². The van der Waals surface area contributed by atoms with Gasteiger partial charge in [0.1, 0.15) is 11.5 Å². The normalized spacial score (nSPS) is 14.6. The summed E-state index contributed by atoms with van der Waals surface area (Å²) in [4.78, 5) is 12.5. The number of ether oxygens (including phenoxy) is 1. The van der Waals surface area contributed by atoms with Gasteiger partial charge in [0.05, 0.1) is 17.1 Å². The number of aryl methyl sites for hydroxylation is 1. The fourth-order valence-electron chi connectivity index (χ4n) is 3.55. The van der Waals surface area contributed by atoms with Crippen LogP contribution in [-0.4, -0.2) is 43.4 Å². The van der Waals surface area contributed by atoms with Crippen molar-refractivity contribution in [2.24, 2.45) is 0 Å². The van der Waals surface area contributed by atoms with Gasteiger partial charge in [0.25, 0.3) is 0 Å². The van der Waals surface area contributed by atoms with Gasteiger partial charge in [-0.1, -0.05) is 29.8 Å². The average molecular weight is 471 g/mol. The third-order valence-electron chi connectivity index (χ3n) is 5.21. The van der Waals surface area contributed by atoms with Crippen molar-refractivity contribution in [1.82, 2.24) is 9.46 Å². The van der Waals surface area contributed by atoms with Crippen molar-refractivity contribution in [1.29, 1.82) is 0 Å². The molecule has 1 aliphatic heterocycles. The highest BCUT2D eigenvalue weighted by Crippen LogP contribution is 2.33. The Morgan fingerprint density at radius 1 is 1.09 bits per heavy atom. The molecule has 0 radical (unpaired) electrons. The quantitative estimate of drug-likeness (QED) is 0.511. The predicted octanol–water partition coefficient (Wildman–Crippen LogP) is 4.00. The standard InChI is InChI=1S/C23H26N4O5S/c1-17-14-22(26-32-17)25-23(28)16-24-20-15-19(33(29,30)27-12-6-3-7-13-27)10-11-21(20)31-18-8-4-2-5-9-18/h2,4-5,8-11,14-15,24H,3,6-7,12-13,16H2,1H3,(H,25,26,28). The van der Waals surface area contributed by atoms with Gasteiger partial charge in [-0.2, -0.15) is 4.31 Å². The maximum Gasteiger partial charge on any atom is 0.244 e. The van der Waals surface area contributed by atoms with Crippen molar-refractivity contribution in [3.8, 4) is 11.5 Å². The van der Waals surface area contributed by atoms with Gasteiger partial charge in [0.15, 0.2) is 11.6 Å². The Balaban J connectivity index is 1.56. The number of para-hydroxylation sites is 1. The summed E-state index contributed by atoms with van der Waals surface area (Å²) < 4.78 is 38.7. The zero-order chi connectivity index (χ0) is 23.3. The summed E-state index contributed by atoms with van der Waals surface area (Å²) in [5.41, 5.74) is 0.392. The zero-order valence-electron chi connectivity index (χ0n) is 18.3. The van der Waals surface area contributed by atoms with Crippen LogP contribution >= 0.6 is 0 Å². The molecule has 0 spiro atoms. The Morgan fingerprint density at radius 3 is 2.55 bits per heavy atom. The van der Waals surface area contributed by atoms with Crippen LogP contribution in [-0.2, 0) is 14.8 Å². The van der Waals surface area contributed by atoms with Crippen molar-refractivity contribution < 1.29 is 22.5 Å². The summed E-state index contributed by atoms with van der Waals surface area (Å²) >= 11 is 0. The van der Waals surface area contributed by atoms with E-state index >= 15 is 0 Å². The molecule has 0 aliphatic carbocycles. The monoisotopic (exact) mass is 470 g/mol. The van der Waals surface area contributed by atoms with E-state index in [1.807, 2.05) is 18.2 Å². The van der Waals surface area contributed by atoms with Crippen molar-refractivity contribution in [2.45, 2.75) is 31.1 Å². The predicted molar refractivity (Wildman–Crippen MR) is 124 cm³/mol. The molecular formula is C23H26N4O5S. The molecule has 2 aromatic carbocycles. The number of hydrogen-bond acceptors (Lipinski definition) is 7. The van der Waals surface area contributed by atoms with E-state index in [1.165, 1.54) is 16.4 Å². The van der Waals surface area contributed by atoms with E-state index in [9.17, 15) is 13.2 Å². The number of benzene rings is 2. The highest BCUT2D eigenvalue weighted by Gasteiger charge is 2.27. The minimum atomic E-state index is -3.64. The molecule has 9 nitrogen and oxygen atoms in total. The first-order valence-corrected chi connectivity index (χ1v) is 12.2. The molecule has 1 saturated heterocycles. The first-order chi connectivity index (χ1) is 15.9. The molecule has 1 amide bonds. The van der Waals surface area contributed by atoms with Crippen molar-refractivity contribution in [2.75, 3.05) is 30.3 Å². The third kappa shape index (κ3) is 5.71. The van der Waals surface area contributed by atoms with Crippen LogP contribution in [0.4, 0.5) is 11.5 Å². The van der Waals surface area contributed by atoms with Crippen LogP contribution in [0, 0.1) is 6.92 Å². The summed E-state index contributed by atoms with van der Waals surface area (Å²) in [6, 6.07) is 15.4. The van der Waals surface area contributed by atoms with Crippen LogP contribution in [0.1, 0.15) is 25.0 Å². The van der Waals surface area contributed by atoms with Crippen LogP contribution < -0.4 is 15.4 Å². The fraction of sp³-hybridized carbons (Fsp3) is 0.304. The molecule has 0 unspecified atom stereocenters. The van der Waals surface area contributed by atoms with E-state index in [0.717, 1.165) is 19.3 Å². The molecule has 0 bridgehead atoms. The summed E-state index contributed by atoms with van der Waals surface area (Å²) in [6.45, 7) is 2.62. The van der Waals surface area contributed by atoms with Crippen LogP contribution in [0.5, 0.6) is 11.5 Å². The molecule has 10 heteroatoms. The number of carbonyl (C=O) groups excluding carboxylic acids is 1. The lowest BCUT2D eigenvalue weighted by atomic mass is 10.2. The minimum absolute atomic E-state index is 0.121. The molecule has 1 aliphatic rings. The lowest BCUT2D eigenvalue weighted by Gasteiger charge is -2.26. The average Bonchev–Trinajstić information content (AvgIpc) is 3.24. The number of rotatable bonds is 8. The lowest BCUT2D eigenvalue weighted by molar-refractivity contribution is -0.114. The second kappa shape index (κ2) is 10.1. The van der Waals surface area contributed by atoms with Gasteiger partial charge in [0.2, 0.25) is 15.9 Å². The van der Waals surface area contributed by atoms with E-state index in [-0.39, 0.29) is 17.3 Å². The Labute approximate surface area is 192 Å². The van der Waals surface area contributed by atoms with Crippen molar-refractivity contribution >= 4 is 27.4 Å². The van der Waals surface area contributed by atoms with Gasteiger partial charge >= 0.3 is 0 Å². The Bertz CT molecular complexity index is 1200. The SMILES string of the molecule is Cc1cc(NC(=O)CNc2cc(S(=O)(=O)N3CCCCC3)ccc2Oc2ccccc2)no1. The molecule has 2 N–H and O–H groups in total. The summed E-state index contributed by atoms with van der Waals surface area (Å²) in [5, 5.41) is 9.36. The molecule has 1 fully saturated rings. The van der Waals surface area contributed by atoms with Crippen LogP contribution in [0.2, 0.25) is 0 Å². The molecule has 4 rings (SSSR count). The second-order valence-electron chi connectivity index (χ2n) is 7.76. The second-order valence-corrected chi connectivity index (χ2v) is 9.70. The maximum atomic E-state index is 13.2. The molecule has 0 atom stereocenters. The smallest absolute Gasteiger partial charge is 0.244 e. The molecule has 33 heavy (non-hydrogen) atoms. The number of hydrogen-bond donors (Lipinski definition) is 2. The van der Waals surface area contributed by atoms with Gasteiger partial charge in [-0.3, -0.25) is 4.79 Å². The number of nitrogens with zero attached hydrogens (tertiary/aromatic N) is 2. The molecule has 3 aromatic rings. The van der Waals surface area contributed by atoms with Gasteiger partial charge in [-0.25, -0.2) is 8.42 Å². The van der Waals surface area contributed by atoms with Gasteiger partial charge in [-0.05, 0) is 50.1 Å². The van der Waals surface area contributed by atoms with E-state index in [0.29, 0.717) is 41.9 Å². The highest BCUT2D eigenvalue weighted by atomic mass is 32.2. The van der Waals surface area contributed by atoms with Gasteiger partial charge in [-0.15, -0.1) is 0 Å². The zero-order valence-corrected chi connectivity index (χ0v) is 19.1. The first-order valence-electron chi connectivity index (χ1n) is 10.8. The van der Waals surface area contributed by atoms with Crippen molar-refractivity contribution in [3.63, 3.8) is 0 Å². The number of anilines is 2. The number of nitrogens with one attached hydrogen (secondary N) is 2. The molecule has 0 saturated carbocycles. The molecule has 1 aromatic heterocycles. The Morgan fingerprint density at radius 2 is 1.85 bits per heavy atom. The van der Waals surface area contributed by atoms with Crippen molar-refractivity contribution in [3.05, 3.63) is 60.4 Å². The van der Waals surface area contributed by atoms with Gasteiger partial charge in [0, 0.05) is 19.2 Å². The topological polar surface area (TPSA) is 114 Å². The number of carbonyl (C=O) groups is 1. The largest absolute Gasteiger partial charge is 0.455 e. The van der Waals surface area contributed by atoms with E-state index in [4.69, 9.17) is 9.26 Å². The molecule has 174 valence electrons. The third-order valence-corrected chi connectivity index (χ3v) is 7.10. The van der Waals surface area contributed by atoms with Gasteiger partial charge < -0.3 is 19.9 Å². The Kier molecular flexibility index (Phi) is 6.95. The number of sulfonamides is 1. The summed E-state index contributed by atoms with van der Waals surface area (Å²) in [7, 11) is -3.64. The minimum Gasteiger partial charge on any atom is -0.455 e. The molecule has 2 heterocycles. The van der Waals surface area contributed by atoms with Crippen LogP contribution in [0.25, 0.3) is 0 Å². The van der Waals surface area contributed by atoms with Crippen LogP contribution in [0.15, 0.2) is 64.0 Å². The van der Waals surface area contributed by atoms with Crippen LogP contribution in [0.3, 0.4) is 0 Å². The first kappa shape index (κ1) is 22.8. The lowest BCUT2D eigenvalue weighted by Crippen LogP contribution is -2.35. The fourth-order valence-corrected chi connectivity index (χ4v) is 5.10. The summed E-state index contributed by atoms with van der Waals surface area (Å²) in [6.07, 6.45) is 2.73. The Hall–Kier alpha value is -3.37. The number of piperidine rings is 1.